The van der Waals surface area contributed by atoms with Gasteiger partial charge in [0.1, 0.15) is 5.76 Å². The van der Waals surface area contributed by atoms with Gasteiger partial charge in [-0.25, -0.2) is 0 Å². The molecule has 16 heavy (non-hydrogen) atoms. The lowest BCUT2D eigenvalue weighted by molar-refractivity contribution is 0.458. The lowest BCUT2D eigenvalue weighted by Crippen LogP contribution is -2.18. The topological polar surface area (TPSA) is 25.2 Å². The van der Waals surface area contributed by atoms with E-state index in [9.17, 15) is 0 Å². The normalized spacial score (nSPS) is 12.6. The van der Waals surface area contributed by atoms with Crippen LogP contribution in [0.1, 0.15) is 29.9 Å². The molecule has 1 aromatic carbocycles. The van der Waals surface area contributed by atoms with Gasteiger partial charge in [0.25, 0.3) is 0 Å². The Morgan fingerprint density at radius 3 is 2.56 bits per heavy atom. The highest BCUT2D eigenvalue weighted by molar-refractivity contribution is 5.19. The summed E-state index contributed by atoms with van der Waals surface area (Å²) in [5.74, 6) is 1.02. The van der Waals surface area contributed by atoms with Gasteiger partial charge in [-0.2, -0.15) is 0 Å². The van der Waals surface area contributed by atoms with Gasteiger partial charge in [0.2, 0.25) is 0 Å². The Morgan fingerprint density at radius 1 is 1.19 bits per heavy atom. The third-order valence-electron chi connectivity index (χ3n) is 2.84. The monoisotopic (exact) mass is 215 g/mol. The predicted octanol–water partition coefficient (Wildman–Crippen LogP) is 3.44. The van der Waals surface area contributed by atoms with Gasteiger partial charge < -0.3 is 9.73 Å². The maximum atomic E-state index is 5.39. The number of nitrogens with one attached hydrogen (secondary N) is 1. The molecule has 2 nitrogen and oxygen atoms in total. The Kier molecular flexibility index (Phi) is 3.42. The van der Waals surface area contributed by atoms with Gasteiger partial charge in [0.15, 0.2) is 0 Å². The average molecular weight is 215 g/mol. The summed E-state index contributed by atoms with van der Waals surface area (Å²) in [7, 11) is 0. The van der Waals surface area contributed by atoms with E-state index in [0.717, 1.165) is 12.3 Å². The maximum Gasteiger partial charge on any atom is 0.120 e. The fraction of sp³-hybridized carbons (Fsp3) is 0.286. The third kappa shape index (κ3) is 2.52. The fourth-order valence-electron chi connectivity index (χ4n) is 1.69. The number of rotatable bonds is 4. The molecule has 0 aliphatic rings. The molecule has 0 spiro atoms. The summed E-state index contributed by atoms with van der Waals surface area (Å²) in [4.78, 5) is 0. The molecule has 0 aliphatic heterocycles. The Hall–Kier alpha value is -1.54. The Morgan fingerprint density at radius 2 is 1.94 bits per heavy atom. The van der Waals surface area contributed by atoms with Crippen molar-refractivity contribution in [2.75, 3.05) is 0 Å². The summed E-state index contributed by atoms with van der Waals surface area (Å²) in [6, 6.07) is 12.7. The highest BCUT2D eigenvalue weighted by Gasteiger charge is 2.06. The number of hydrogen-bond donors (Lipinski definition) is 1. The summed E-state index contributed by atoms with van der Waals surface area (Å²) in [6.45, 7) is 5.00. The number of aryl methyl sites for hydroxylation is 1. The second-order valence-electron chi connectivity index (χ2n) is 4.04. The van der Waals surface area contributed by atoms with E-state index in [2.05, 4.69) is 43.4 Å². The third-order valence-corrected chi connectivity index (χ3v) is 2.84. The van der Waals surface area contributed by atoms with E-state index < -0.39 is 0 Å². The Labute approximate surface area is 96.3 Å². The Bertz CT molecular complexity index is 433. The van der Waals surface area contributed by atoms with Crippen LogP contribution >= 0.6 is 0 Å². The van der Waals surface area contributed by atoms with Crippen LogP contribution < -0.4 is 5.32 Å². The van der Waals surface area contributed by atoms with Crippen LogP contribution in [-0.4, -0.2) is 0 Å². The van der Waals surface area contributed by atoms with Crippen molar-refractivity contribution < 1.29 is 4.42 Å². The molecule has 0 radical (unpaired) electrons. The quantitative estimate of drug-likeness (QED) is 0.845. The summed E-state index contributed by atoms with van der Waals surface area (Å²) in [5.41, 5.74) is 2.50. The fourth-order valence-corrected chi connectivity index (χ4v) is 1.69. The van der Waals surface area contributed by atoms with Crippen molar-refractivity contribution in [1.29, 1.82) is 0 Å². The SMILES string of the molecule is Cc1ccoc1CN[C@H](C)c1ccccc1. The van der Waals surface area contributed by atoms with Crippen molar-refractivity contribution in [3.63, 3.8) is 0 Å². The first kappa shape index (κ1) is 11.0. The molecule has 0 saturated heterocycles. The molecular formula is C14H17NO. The maximum absolute atomic E-state index is 5.39. The summed E-state index contributed by atoms with van der Waals surface area (Å²) >= 11 is 0. The predicted molar refractivity (Wildman–Crippen MR) is 65.1 cm³/mol. The second-order valence-corrected chi connectivity index (χ2v) is 4.04. The minimum Gasteiger partial charge on any atom is -0.468 e. The molecule has 84 valence electrons. The van der Waals surface area contributed by atoms with Crippen molar-refractivity contribution in [3.8, 4) is 0 Å². The molecule has 2 aromatic rings. The summed E-state index contributed by atoms with van der Waals surface area (Å²) in [6.07, 6.45) is 1.74. The van der Waals surface area contributed by atoms with Crippen molar-refractivity contribution in [2.45, 2.75) is 26.4 Å². The van der Waals surface area contributed by atoms with Crippen LogP contribution in [0.25, 0.3) is 0 Å². The molecule has 0 bridgehead atoms. The number of hydrogen-bond acceptors (Lipinski definition) is 2. The molecule has 0 fully saturated rings. The van der Waals surface area contributed by atoms with E-state index in [1.54, 1.807) is 6.26 Å². The minimum absolute atomic E-state index is 0.339. The largest absolute Gasteiger partial charge is 0.468 e. The molecule has 0 unspecified atom stereocenters. The number of furan rings is 1. The Balaban J connectivity index is 1.94. The van der Waals surface area contributed by atoms with Gasteiger partial charge in [0.05, 0.1) is 12.8 Å². The summed E-state index contributed by atoms with van der Waals surface area (Å²) < 4.78 is 5.39. The molecule has 2 rings (SSSR count). The minimum atomic E-state index is 0.339. The van der Waals surface area contributed by atoms with Gasteiger partial charge in [-0.3, -0.25) is 0 Å². The summed E-state index contributed by atoms with van der Waals surface area (Å²) in [5, 5.41) is 3.45. The van der Waals surface area contributed by atoms with E-state index in [1.807, 2.05) is 12.1 Å². The van der Waals surface area contributed by atoms with Crippen molar-refractivity contribution in [2.24, 2.45) is 0 Å². The van der Waals surface area contributed by atoms with Gasteiger partial charge in [0, 0.05) is 6.04 Å². The molecule has 1 heterocycles. The van der Waals surface area contributed by atoms with Crippen molar-refractivity contribution in [3.05, 3.63) is 59.5 Å². The van der Waals surface area contributed by atoms with Crippen LogP contribution in [-0.2, 0) is 6.54 Å². The van der Waals surface area contributed by atoms with E-state index in [4.69, 9.17) is 4.42 Å². The lowest BCUT2D eigenvalue weighted by atomic mass is 10.1. The molecule has 1 atom stereocenters. The van der Waals surface area contributed by atoms with Crippen LogP contribution in [0.4, 0.5) is 0 Å². The molecule has 0 aliphatic carbocycles. The van der Waals surface area contributed by atoms with E-state index in [1.165, 1.54) is 11.1 Å². The standard InChI is InChI=1S/C14H17NO/c1-11-8-9-16-14(11)10-15-12(2)13-6-4-3-5-7-13/h3-9,12,15H,10H2,1-2H3/t12-/m1/s1. The van der Waals surface area contributed by atoms with Crippen LogP contribution in [0.5, 0.6) is 0 Å². The molecular weight excluding hydrogens is 198 g/mol. The molecule has 2 heteroatoms. The van der Waals surface area contributed by atoms with Gasteiger partial charge >= 0.3 is 0 Å². The molecule has 1 N–H and O–H groups in total. The van der Waals surface area contributed by atoms with Crippen LogP contribution in [0.2, 0.25) is 0 Å². The average Bonchev–Trinajstić information content (AvgIpc) is 2.73. The van der Waals surface area contributed by atoms with Crippen molar-refractivity contribution in [1.82, 2.24) is 5.32 Å². The van der Waals surface area contributed by atoms with Crippen LogP contribution in [0, 0.1) is 6.92 Å². The first-order valence-electron chi connectivity index (χ1n) is 5.58. The molecule has 1 aromatic heterocycles. The highest BCUT2D eigenvalue weighted by Crippen LogP contribution is 2.14. The first-order valence-corrected chi connectivity index (χ1v) is 5.58. The lowest BCUT2D eigenvalue weighted by Gasteiger charge is -2.13. The first-order chi connectivity index (χ1) is 7.77. The zero-order valence-corrected chi connectivity index (χ0v) is 9.73. The second kappa shape index (κ2) is 4.99. The van der Waals surface area contributed by atoms with Gasteiger partial charge in [-0.05, 0) is 31.0 Å². The van der Waals surface area contributed by atoms with Gasteiger partial charge in [-0.1, -0.05) is 30.3 Å². The number of benzene rings is 1. The molecule has 0 saturated carbocycles. The zero-order valence-electron chi connectivity index (χ0n) is 9.73. The smallest absolute Gasteiger partial charge is 0.120 e. The highest BCUT2D eigenvalue weighted by atomic mass is 16.3. The van der Waals surface area contributed by atoms with Gasteiger partial charge in [-0.15, -0.1) is 0 Å². The van der Waals surface area contributed by atoms with Crippen LogP contribution in [0.3, 0.4) is 0 Å². The van der Waals surface area contributed by atoms with E-state index in [0.29, 0.717) is 6.04 Å². The van der Waals surface area contributed by atoms with E-state index >= 15 is 0 Å². The molecule has 0 amide bonds. The van der Waals surface area contributed by atoms with Crippen molar-refractivity contribution >= 4 is 0 Å². The van der Waals surface area contributed by atoms with Crippen LogP contribution in [0.15, 0.2) is 47.1 Å². The zero-order chi connectivity index (χ0) is 11.4. The van der Waals surface area contributed by atoms with E-state index in [-0.39, 0.29) is 0 Å².